The van der Waals surface area contributed by atoms with Gasteiger partial charge < -0.3 is 78.0 Å². The number of hydrogen-bond donors (Lipinski definition) is 9. The standard InChI is InChI=1S/C12H21N7O4.C12H21N7O3.CH4/c1-18(2)10(20)23-5-6-7-12(17-8(13)16-7)11(21,22)3-4-19(12)9(14)15-6;1-18(2)11(21)22-5-6-8-12(17-9(13)16-8)7(20)3-4-19(12)10(14)15-6;/h6-7,21-22H,3-5H2,1-2H3,(H2,14,15)(H3,13,16,17);6-8,20H,3-5H2,1-2H3,(H2,14,15)(H3,13,16,17);1H4/t6-,7-,12-;6-,7-,8-,12+;/m00./s1. The van der Waals surface area contributed by atoms with Crippen LogP contribution in [0.25, 0.3) is 0 Å². The first-order chi connectivity index (χ1) is 21.0. The number of aliphatic hydroxyl groups is 3. The minimum Gasteiger partial charge on any atom is -0.447 e. The summed E-state index contributed by atoms with van der Waals surface area (Å²) in [7, 11) is 6.30. The SMILES string of the molecule is C.CN(C)C(=O)OC[C@@H]1N=C(N)N2CCC(O)(O)[C@@]23NC(N)=N[C@@H]13.CN(C)C(=O)OC[C@@H]1N=C(N)N2CC[C@H](O)[C@@]23NC(N)=N[C@@H]13. The molecule has 6 aliphatic rings. The van der Waals surface area contributed by atoms with Gasteiger partial charge in [0.25, 0.3) is 0 Å². The molecule has 7 atom stereocenters. The number of carbonyl (C=O) groups excluding carboxylic acids is 2. The highest BCUT2D eigenvalue weighted by Crippen LogP contribution is 2.44. The van der Waals surface area contributed by atoms with Gasteiger partial charge >= 0.3 is 12.2 Å². The molecule has 2 spiro atoms. The van der Waals surface area contributed by atoms with E-state index < -0.39 is 59.6 Å². The maximum atomic E-state index is 11.6. The summed E-state index contributed by atoms with van der Waals surface area (Å²) in [6, 6.07) is -2.39. The second-order valence-corrected chi connectivity index (χ2v) is 12.0. The summed E-state index contributed by atoms with van der Waals surface area (Å²) < 4.78 is 10.4. The molecular formula is C25H46N14O7. The Labute approximate surface area is 265 Å². The number of hydrogen-bond acceptors (Lipinski definition) is 19. The molecule has 0 bridgehead atoms. The highest BCUT2D eigenvalue weighted by molar-refractivity contribution is 5.88. The van der Waals surface area contributed by atoms with Crippen molar-refractivity contribution in [2.75, 3.05) is 54.5 Å². The lowest BCUT2D eigenvalue weighted by molar-refractivity contribution is -0.221. The number of nitrogens with one attached hydrogen (secondary N) is 2. The molecule has 0 radical (unpaired) electrons. The Morgan fingerprint density at radius 1 is 0.848 bits per heavy atom. The minimum absolute atomic E-state index is 0. The number of aliphatic imine (C=N–C) groups is 4. The molecule has 6 heterocycles. The van der Waals surface area contributed by atoms with E-state index in [1.165, 1.54) is 9.80 Å². The molecular weight excluding hydrogens is 608 g/mol. The number of rotatable bonds is 4. The third-order valence-corrected chi connectivity index (χ3v) is 8.75. The van der Waals surface area contributed by atoms with E-state index >= 15 is 0 Å². The number of nitrogens with zero attached hydrogens (tertiary/aromatic N) is 8. The molecule has 258 valence electrons. The number of amides is 2. The molecule has 6 rings (SSSR count). The summed E-state index contributed by atoms with van der Waals surface area (Å²) in [6.45, 7) is 0.765. The van der Waals surface area contributed by atoms with E-state index in [9.17, 15) is 24.9 Å². The van der Waals surface area contributed by atoms with Crippen molar-refractivity contribution in [2.24, 2.45) is 42.9 Å². The molecule has 0 aromatic rings. The van der Waals surface area contributed by atoms with E-state index in [2.05, 4.69) is 30.6 Å². The number of nitrogens with two attached hydrogens (primary N) is 4. The minimum atomic E-state index is -2.10. The molecule has 21 nitrogen and oxygen atoms in total. The lowest BCUT2D eigenvalue weighted by Crippen LogP contribution is -2.76. The van der Waals surface area contributed by atoms with E-state index in [0.29, 0.717) is 19.5 Å². The van der Waals surface area contributed by atoms with Crippen LogP contribution in [0.2, 0.25) is 0 Å². The van der Waals surface area contributed by atoms with Gasteiger partial charge in [0.15, 0.2) is 35.2 Å². The second-order valence-electron chi connectivity index (χ2n) is 12.0. The van der Waals surface area contributed by atoms with Gasteiger partial charge in [-0.25, -0.2) is 29.6 Å². The van der Waals surface area contributed by atoms with Crippen LogP contribution in [-0.4, -0.2) is 173 Å². The molecule has 2 fully saturated rings. The summed E-state index contributed by atoms with van der Waals surface area (Å²) in [5.74, 6) is -1.41. The third-order valence-electron chi connectivity index (χ3n) is 8.75. The summed E-state index contributed by atoms with van der Waals surface area (Å²) in [6.07, 6.45) is -1.11. The van der Waals surface area contributed by atoms with Crippen LogP contribution in [0.15, 0.2) is 20.0 Å². The predicted molar refractivity (Wildman–Crippen MR) is 166 cm³/mol. The molecule has 0 aromatic heterocycles. The van der Waals surface area contributed by atoms with Crippen molar-refractivity contribution in [3.8, 4) is 0 Å². The maximum Gasteiger partial charge on any atom is 0.409 e. The van der Waals surface area contributed by atoms with Crippen LogP contribution in [0, 0.1) is 0 Å². The monoisotopic (exact) mass is 654 g/mol. The van der Waals surface area contributed by atoms with E-state index in [1.54, 1.807) is 38.0 Å². The average molecular weight is 655 g/mol. The van der Waals surface area contributed by atoms with Gasteiger partial charge in [0, 0.05) is 47.7 Å². The van der Waals surface area contributed by atoms with Gasteiger partial charge in [-0.05, 0) is 6.42 Å². The average Bonchev–Trinajstić information content (AvgIpc) is 3.68. The van der Waals surface area contributed by atoms with Crippen molar-refractivity contribution in [3.05, 3.63) is 0 Å². The Kier molecular flexibility index (Phi) is 8.98. The van der Waals surface area contributed by atoms with Crippen LogP contribution >= 0.6 is 0 Å². The third kappa shape index (κ3) is 5.26. The number of aliphatic hydroxyl groups excluding tert-OH is 1. The summed E-state index contributed by atoms with van der Waals surface area (Å²) in [5, 5.41) is 37.3. The van der Waals surface area contributed by atoms with Crippen LogP contribution < -0.4 is 33.6 Å². The number of ether oxygens (including phenoxy) is 2. The Morgan fingerprint density at radius 2 is 1.35 bits per heavy atom. The van der Waals surface area contributed by atoms with Gasteiger partial charge in [-0.15, -0.1) is 0 Å². The van der Waals surface area contributed by atoms with Crippen molar-refractivity contribution in [1.82, 2.24) is 30.2 Å². The zero-order valence-corrected chi connectivity index (χ0v) is 25.5. The fourth-order valence-corrected chi connectivity index (χ4v) is 6.65. The summed E-state index contributed by atoms with van der Waals surface area (Å²) in [5.41, 5.74) is 21.3. The van der Waals surface area contributed by atoms with Crippen molar-refractivity contribution in [3.63, 3.8) is 0 Å². The Bertz CT molecular complexity index is 1340. The molecule has 0 saturated carbocycles. The number of carbonyl (C=O) groups is 2. The Morgan fingerprint density at radius 3 is 1.91 bits per heavy atom. The van der Waals surface area contributed by atoms with Gasteiger partial charge in [-0.1, -0.05) is 7.43 Å². The molecule has 21 heteroatoms. The van der Waals surface area contributed by atoms with Crippen molar-refractivity contribution in [2.45, 2.75) is 67.7 Å². The quantitative estimate of drug-likeness (QED) is 0.128. The van der Waals surface area contributed by atoms with Crippen molar-refractivity contribution >= 4 is 36.0 Å². The highest BCUT2D eigenvalue weighted by Gasteiger charge is 2.69. The highest BCUT2D eigenvalue weighted by atomic mass is 16.6. The first-order valence-electron chi connectivity index (χ1n) is 14.3. The predicted octanol–water partition coefficient (Wildman–Crippen LogP) is -5.18. The first-order valence-corrected chi connectivity index (χ1v) is 14.3. The lowest BCUT2D eigenvalue weighted by Gasteiger charge is -2.48. The van der Waals surface area contributed by atoms with E-state index in [1.807, 2.05) is 0 Å². The van der Waals surface area contributed by atoms with Gasteiger partial charge in [-0.3, -0.25) is 0 Å². The lowest BCUT2D eigenvalue weighted by atomic mass is 9.87. The fourth-order valence-electron chi connectivity index (χ4n) is 6.65. The van der Waals surface area contributed by atoms with Crippen LogP contribution in [-0.2, 0) is 9.47 Å². The summed E-state index contributed by atoms with van der Waals surface area (Å²) >= 11 is 0. The fraction of sp³-hybridized carbons (Fsp3) is 0.760. The number of guanidine groups is 4. The zero-order valence-electron chi connectivity index (χ0n) is 25.5. The molecule has 46 heavy (non-hydrogen) atoms. The molecule has 0 unspecified atom stereocenters. The first kappa shape index (κ1) is 34.4. The summed E-state index contributed by atoms with van der Waals surface area (Å²) in [4.78, 5) is 46.4. The Hall–Kier alpha value is -4.50. The molecule has 0 aliphatic carbocycles. The van der Waals surface area contributed by atoms with Crippen LogP contribution in [0.4, 0.5) is 9.59 Å². The molecule has 2 amide bonds. The van der Waals surface area contributed by atoms with Crippen LogP contribution in [0.5, 0.6) is 0 Å². The van der Waals surface area contributed by atoms with Gasteiger partial charge in [-0.2, -0.15) is 0 Å². The zero-order chi connectivity index (χ0) is 33.1. The van der Waals surface area contributed by atoms with Crippen LogP contribution in [0.1, 0.15) is 20.3 Å². The molecule has 0 aromatic carbocycles. The van der Waals surface area contributed by atoms with Gasteiger partial charge in [0.2, 0.25) is 5.79 Å². The van der Waals surface area contributed by atoms with E-state index in [-0.39, 0.29) is 50.9 Å². The van der Waals surface area contributed by atoms with Crippen molar-refractivity contribution in [1.29, 1.82) is 0 Å². The van der Waals surface area contributed by atoms with Gasteiger partial charge in [0.1, 0.15) is 37.4 Å². The smallest absolute Gasteiger partial charge is 0.409 e. The topological polar surface area (TPSA) is 304 Å². The van der Waals surface area contributed by atoms with Crippen molar-refractivity contribution < 1.29 is 34.4 Å². The normalized spacial score (nSPS) is 34.2. The van der Waals surface area contributed by atoms with E-state index in [4.69, 9.17) is 32.4 Å². The molecule has 13 N–H and O–H groups in total. The maximum absolute atomic E-state index is 11.6. The largest absolute Gasteiger partial charge is 0.447 e. The van der Waals surface area contributed by atoms with Gasteiger partial charge in [0.05, 0.1) is 6.10 Å². The second kappa shape index (κ2) is 12.0. The molecule has 2 saturated heterocycles. The van der Waals surface area contributed by atoms with E-state index in [0.717, 1.165) is 0 Å². The Balaban J connectivity index is 0.000000205. The van der Waals surface area contributed by atoms with Crippen LogP contribution in [0.3, 0.4) is 0 Å². The molecule has 6 aliphatic heterocycles.